The number of carbonyl (C=O) groups excluding carboxylic acids is 1. The zero-order valence-electron chi connectivity index (χ0n) is 16.1. The second-order valence-electron chi connectivity index (χ2n) is 7.22. The third-order valence-corrected chi connectivity index (χ3v) is 6.30. The first-order chi connectivity index (χ1) is 14.1. The van der Waals surface area contributed by atoms with Gasteiger partial charge in [-0.2, -0.15) is 0 Å². The number of carbonyl (C=O) groups is 1. The predicted octanol–water partition coefficient (Wildman–Crippen LogP) is 1.73. The molecule has 0 saturated carbocycles. The number of nitrogens with zero attached hydrogens (tertiary/aromatic N) is 4. The van der Waals surface area contributed by atoms with E-state index in [0.717, 1.165) is 18.0 Å². The molecule has 1 saturated heterocycles. The first-order valence-corrected chi connectivity index (χ1v) is 10.7. The molecule has 0 radical (unpaired) electrons. The Morgan fingerprint density at radius 2 is 1.93 bits per heavy atom. The molecule has 0 unspecified atom stereocenters. The fourth-order valence-corrected chi connectivity index (χ4v) is 4.34. The number of aryl methyl sites for hydroxylation is 1. The average molecular weight is 413 g/mol. The molecule has 8 heteroatoms. The number of rotatable bonds is 6. The Labute approximate surface area is 172 Å². The van der Waals surface area contributed by atoms with Crippen molar-refractivity contribution in [1.29, 1.82) is 0 Å². The van der Waals surface area contributed by atoms with Crippen molar-refractivity contribution in [2.24, 2.45) is 0 Å². The van der Waals surface area contributed by atoms with Crippen molar-refractivity contribution in [3.63, 3.8) is 0 Å². The summed E-state index contributed by atoms with van der Waals surface area (Å²) in [5.41, 5.74) is 0.553. The number of amides is 1. The molecule has 3 aromatic rings. The Balaban J connectivity index is 1.28. The van der Waals surface area contributed by atoms with Crippen molar-refractivity contribution in [2.45, 2.75) is 19.1 Å². The Kier molecular flexibility index (Phi) is 6.03. The van der Waals surface area contributed by atoms with Crippen LogP contribution in [0.3, 0.4) is 0 Å². The van der Waals surface area contributed by atoms with Crippen LogP contribution in [0.2, 0.25) is 0 Å². The first-order valence-electron chi connectivity index (χ1n) is 9.77. The van der Waals surface area contributed by atoms with Crippen LogP contribution in [0.4, 0.5) is 0 Å². The summed E-state index contributed by atoms with van der Waals surface area (Å²) in [5, 5.41) is 12.8. The molecule has 1 aliphatic heterocycles. The van der Waals surface area contributed by atoms with Gasteiger partial charge in [-0.15, -0.1) is 11.3 Å². The van der Waals surface area contributed by atoms with Crippen LogP contribution < -0.4 is 5.56 Å². The van der Waals surface area contributed by atoms with E-state index in [1.54, 1.807) is 23.5 Å². The summed E-state index contributed by atoms with van der Waals surface area (Å²) < 4.78 is 1.51. The van der Waals surface area contributed by atoms with Gasteiger partial charge in [-0.1, -0.05) is 18.2 Å². The number of para-hydroxylation sites is 1. The average Bonchev–Trinajstić information content (AvgIpc) is 3.29. The summed E-state index contributed by atoms with van der Waals surface area (Å²) in [6, 6.07) is 11.1. The van der Waals surface area contributed by atoms with Crippen LogP contribution in [0.25, 0.3) is 10.9 Å². The standard InChI is InChI=1S/C21H24N4O3S/c26-18(19-6-3-13-29-19)14-23-9-11-24(12-10-23)20(27)7-8-25-15-22-17-5-2-1-4-16(17)21(25)28/h1-6,13,15,18,26H,7-12,14H2/t18-/m1/s1. The van der Waals surface area contributed by atoms with Crippen molar-refractivity contribution >= 4 is 28.1 Å². The molecular formula is C21H24N4O3S. The van der Waals surface area contributed by atoms with Gasteiger partial charge in [0, 0.05) is 50.6 Å². The maximum atomic E-state index is 12.6. The van der Waals surface area contributed by atoms with Gasteiger partial charge in [0.25, 0.3) is 5.56 Å². The second kappa shape index (κ2) is 8.86. The molecule has 4 rings (SSSR count). The molecule has 29 heavy (non-hydrogen) atoms. The predicted molar refractivity (Wildman–Crippen MR) is 113 cm³/mol. The smallest absolute Gasteiger partial charge is 0.261 e. The largest absolute Gasteiger partial charge is 0.386 e. The number of aliphatic hydroxyl groups is 1. The lowest BCUT2D eigenvalue weighted by molar-refractivity contribution is -0.133. The van der Waals surface area contributed by atoms with Gasteiger partial charge >= 0.3 is 0 Å². The fraction of sp³-hybridized carbons (Fsp3) is 0.381. The Bertz CT molecular complexity index is 1030. The van der Waals surface area contributed by atoms with Crippen molar-refractivity contribution in [3.8, 4) is 0 Å². The Hall–Kier alpha value is -2.55. The zero-order valence-corrected chi connectivity index (χ0v) is 16.9. The Morgan fingerprint density at radius 1 is 1.14 bits per heavy atom. The maximum Gasteiger partial charge on any atom is 0.261 e. The van der Waals surface area contributed by atoms with Crippen LogP contribution in [-0.2, 0) is 11.3 Å². The number of hydrogen-bond acceptors (Lipinski definition) is 6. The van der Waals surface area contributed by atoms with Gasteiger partial charge < -0.3 is 10.0 Å². The summed E-state index contributed by atoms with van der Waals surface area (Å²) in [7, 11) is 0. The van der Waals surface area contributed by atoms with Crippen LogP contribution in [0.1, 0.15) is 17.4 Å². The molecule has 1 aromatic carbocycles. The SMILES string of the molecule is O=C(CCn1cnc2ccccc2c1=O)N1CCN(C[C@@H](O)c2cccs2)CC1. The third kappa shape index (κ3) is 4.55. The van der Waals surface area contributed by atoms with Gasteiger partial charge in [-0.25, -0.2) is 4.98 Å². The van der Waals surface area contributed by atoms with E-state index < -0.39 is 6.10 Å². The number of piperazine rings is 1. The minimum absolute atomic E-state index is 0.0449. The van der Waals surface area contributed by atoms with Gasteiger partial charge in [0.15, 0.2) is 0 Å². The highest BCUT2D eigenvalue weighted by atomic mass is 32.1. The molecule has 1 aliphatic rings. The van der Waals surface area contributed by atoms with E-state index in [-0.39, 0.29) is 17.9 Å². The number of fused-ring (bicyclic) bond motifs is 1. The van der Waals surface area contributed by atoms with Crippen molar-refractivity contribution < 1.29 is 9.90 Å². The quantitative estimate of drug-likeness (QED) is 0.667. The molecule has 1 N–H and O–H groups in total. The van der Waals surface area contributed by atoms with Crippen molar-refractivity contribution in [2.75, 3.05) is 32.7 Å². The summed E-state index contributed by atoms with van der Waals surface area (Å²) in [6.45, 7) is 3.67. The topological polar surface area (TPSA) is 78.7 Å². The lowest BCUT2D eigenvalue weighted by Gasteiger charge is -2.35. The monoisotopic (exact) mass is 412 g/mol. The van der Waals surface area contributed by atoms with Gasteiger partial charge in [0.05, 0.1) is 17.2 Å². The lowest BCUT2D eigenvalue weighted by atomic mass is 10.2. The molecule has 0 spiro atoms. The van der Waals surface area contributed by atoms with Crippen LogP contribution in [0.5, 0.6) is 0 Å². The number of thiophene rings is 1. The number of hydrogen-bond donors (Lipinski definition) is 1. The number of aromatic nitrogens is 2. The molecule has 1 fully saturated rings. The third-order valence-electron chi connectivity index (χ3n) is 5.33. The van der Waals surface area contributed by atoms with E-state index in [1.165, 1.54) is 10.9 Å². The minimum atomic E-state index is -0.482. The summed E-state index contributed by atoms with van der Waals surface area (Å²) in [4.78, 5) is 34.4. The zero-order chi connectivity index (χ0) is 20.2. The highest BCUT2D eigenvalue weighted by Gasteiger charge is 2.23. The molecule has 1 amide bonds. The van der Waals surface area contributed by atoms with E-state index in [2.05, 4.69) is 9.88 Å². The van der Waals surface area contributed by atoms with Crippen molar-refractivity contribution in [1.82, 2.24) is 19.4 Å². The summed E-state index contributed by atoms with van der Waals surface area (Å²) >= 11 is 1.56. The molecular weight excluding hydrogens is 388 g/mol. The number of β-amino-alcohol motifs (C(OH)–C–C–N with tert-alkyl or cyclic N) is 1. The Morgan fingerprint density at radius 3 is 2.69 bits per heavy atom. The summed E-state index contributed by atoms with van der Waals surface area (Å²) in [6.07, 6.45) is 1.31. The molecule has 1 atom stereocenters. The number of benzene rings is 1. The van der Waals surface area contributed by atoms with Gasteiger partial charge in [-0.05, 0) is 23.6 Å². The van der Waals surface area contributed by atoms with Crippen LogP contribution in [0, 0.1) is 0 Å². The van der Waals surface area contributed by atoms with E-state index in [0.29, 0.717) is 37.1 Å². The van der Waals surface area contributed by atoms with Crippen LogP contribution >= 0.6 is 11.3 Å². The van der Waals surface area contributed by atoms with Crippen LogP contribution in [0.15, 0.2) is 52.9 Å². The molecule has 0 aliphatic carbocycles. The van der Waals surface area contributed by atoms with Gasteiger partial charge in [-0.3, -0.25) is 19.1 Å². The fourth-order valence-electron chi connectivity index (χ4n) is 3.63. The van der Waals surface area contributed by atoms with E-state index in [9.17, 15) is 14.7 Å². The van der Waals surface area contributed by atoms with Gasteiger partial charge in [0.2, 0.25) is 5.91 Å². The molecule has 2 aromatic heterocycles. The first kappa shape index (κ1) is 19.8. The molecule has 7 nitrogen and oxygen atoms in total. The van der Waals surface area contributed by atoms with Crippen LogP contribution in [-0.4, -0.2) is 63.1 Å². The maximum absolute atomic E-state index is 12.6. The second-order valence-corrected chi connectivity index (χ2v) is 8.20. The molecule has 0 bridgehead atoms. The van der Waals surface area contributed by atoms with Crippen molar-refractivity contribution in [3.05, 3.63) is 63.3 Å². The minimum Gasteiger partial charge on any atom is -0.386 e. The normalized spacial score (nSPS) is 16.2. The highest BCUT2D eigenvalue weighted by Crippen LogP contribution is 2.20. The molecule has 152 valence electrons. The highest BCUT2D eigenvalue weighted by molar-refractivity contribution is 7.10. The molecule has 3 heterocycles. The lowest BCUT2D eigenvalue weighted by Crippen LogP contribution is -2.49. The number of aliphatic hydroxyl groups excluding tert-OH is 1. The van der Waals surface area contributed by atoms with E-state index in [1.807, 2.05) is 34.5 Å². The van der Waals surface area contributed by atoms with E-state index >= 15 is 0 Å². The van der Waals surface area contributed by atoms with E-state index in [4.69, 9.17) is 0 Å². The summed E-state index contributed by atoms with van der Waals surface area (Å²) in [5.74, 6) is 0.0449. The van der Waals surface area contributed by atoms with Gasteiger partial charge in [0.1, 0.15) is 6.10 Å².